The van der Waals surface area contributed by atoms with Gasteiger partial charge in [-0.25, -0.2) is 9.78 Å². The summed E-state index contributed by atoms with van der Waals surface area (Å²) in [6.45, 7) is 4.30. The van der Waals surface area contributed by atoms with Gasteiger partial charge in [0.15, 0.2) is 17.2 Å². The van der Waals surface area contributed by atoms with Crippen molar-refractivity contribution in [3.8, 4) is 11.5 Å². The van der Waals surface area contributed by atoms with Crippen LogP contribution < -0.4 is 9.47 Å². The van der Waals surface area contributed by atoms with Gasteiger partial charge in [0.25, 0.3) is 0 Å². The molecule has 0 fully saturated rings. The summed E-state index contributed by atoms with van der Waals surface area (Å²) in [4.78, 5) is 16.5. The first-order valence-corrected chi connectivity index (χ1v) is 8.35. The molecule has 2 heterocycles. The maximum Gasteiger partial charge on any atom is 0.358 e. The molecule has 128 valence electrons. The molecule has 0 aliphatic carbocycles. The van der Waals surface area contributed by atoms with Crippen molar-refractivity contribution in [2.75, 3.05) is 6.79 Å². The highest BCUT2D eigenvalue weighted by Crippen LogP contribution is 2.37. The van der Waals surface area contributed by atoms with Crippen molar-refractivity contribution >= 4 is 30.2 Å². The topological polar surface area (TPSA) is 62.6 Å². The van der Waals surface area contributed by atoms with E-state index in [1.165, 1.54) is 6.33 Å². The number of thiol groups is 1. The van der Waals surface area contributed by atoms with E-state index in [1.807, 2.05) is 13.8 Å². The number of carbonyl (C=O) groups is 1. The number of esters is 1. The van der Waals surface area contributed by atoms with Crippen LogP contribution in [0.3, 0.4) is 0 Å². The van der Waals surface area contributed by atoms with Crippen LogP contribution in [0.1, 0.15) is 36.3 Å². The fourth-order valence-corrected chi connectivity index (χ4v) is 2.77. The van der Waals surface area contributed by atoms with Crippen LogP contribution in [0, 0.1) is 0 Å². The van der Waals surface area contributed by atoms with Crippen LogP contribution >= 0.6 is 24.2 Å². The Morgan fingerprint density at radius 1 is 1.46 bits per heavy atom. The first-order chi connectivity index (χ1) is 11.5. The number of ether oxygens (including phenoxy) is 3. The van der Waals surface area contributed by atoms with Crippen LogP contribution in [0.15, 0.2) is 23.5 Å². The molecule has 0 saturated heterocycles. The normalized spacial score (nSPS) is 13.8. The summed E-state index contributed by atoms with van der Waals surface area (Å²) in [5.41, 5.74) is 1.08. The van der Waals surface area contributed by atoms with E-state index in [-0.39, 0.29) is 12.9 Å². The Labute approximate surface area is 150 Å². The Kier molecular flexibility index (Phi) is 4.91. The van der Waals surface area contributed by atoms with Gasteiger partial charge in [-0.2, -0.15) is 0 Å². The van der Waals surface area contributed by atoms with Gasteiger partial charge in [0.1, 0.15) is 5.03 Å². The van der Waals surface area contributed by atoms with Gasteiger partial charge in [-0.3, -0.25) is 0 Å². The fraction of sp³-hybridized carbons (Fsp3) is 0.375. The summed E-state index contributed by atoms with van der Waals surface area (Å²) >= 11 is 10.6. The van der Waals surface area contributed by atoms with E-state index in [2.05, 4.69) is 17.6 Å². The Bertz CT molecular complexity index is 778. The molecule has 0 saturated carbocycles. The molecule has 24 heavy (non-hydrogen) atoms. The summed E-state index contributed by atoms with van der Waals surface area (Å²) in [7, 11) is 0. The van der Waals surface area contributed by atoms with Crippen molar-refractivity contribution < 1.29 is 19.0 Å². The predicted octanol–water partition coefficient (Wildman–Crippen LogP) is 3.56. The molecule has 1 aliphatic rings. The molecular formula is C16H17ClN2O4S. The smallest absolute Gasteiger partial charge is 0.358 e. The molecule has 0 N–H and O–H groups in total. The van der Waals surface area contributed by atoms with Gasteiger partial charge in [-0.1, -0.05) is 18.5 Å². The molecular weight excluding hydrogens is 352 g/mol. The number of hydrogen-bond donors (Lipinski definition) is 1. The highest BCUT2D eigenvalue weighted by molar-refractivity contribution is 7.80. The number of halogens is 1. The van der Waals surface area contributed by atoms with Gasteiger partial charge >= 0.3 is 5.97 Å². The molecule has 2 aromatic rings. The molecule has 1 aliphatic heterocycles. The molecule has 6 nitrogen and oxygen atoms in total. The van der Waals surface area contributed by atoms with E-state index in [0.717, 1.165) is 12.0 Å². The summed E-state index contributed by atoms with van der Waals surface area (Å²) < 4.78 is 17.7. The highest BCUT2D eigenvalue weighted by atomic mass is 35.5. The van der Waals surface area contributed by atoms with E-state index in [1.54, 1.807) is 16.7 Å². The van der Waals surface area contributed by atoms with Crippen LogP contribution in [0.4, 0.5) is 0 Å². The van der Waals surface area contributed by atoms with Crippen molar-refractivity contribution in [1.29, 1.82) is 0 Å². The Balaban J connectivity index is 1.88. The molecule has 1 aromatic heterocycles. The van der Waals surface area contributed by atoms with Crippen molar-refractivity contribution in [3.05, 3.63) is 34.7 Å². The zero-order valence-corrected chi connectivity index (χ0v) is 14.9. The van der Waals surface area contributed by atoms with Gasteiger partial charge < -0.3 is 18.8 Å². The zero-order valence-electron chi connectivity index (χ0n) is 13.3. The maximum absolute atomic E-state index is 12.4. The summed E-state index contributed by atoms with van der Waals surface area (Å²) in [5, 5.41) is 0.843. The first kappa shape index (κ1) is 17.0. The lowest BCUT2D eigenvalue weighted by Crippen LogP contribution is -2.18. The van der Waals surface area contributed by atoms with Gasteiger partial charge in [0.2, 0.25) is 6.79 Å². The third-order valence-corrected chi connectivity index (χ3v) is 4.46. The lowest BCUT2D eigenvalue weighted by Gasteiger charge is -2.13. The van der Waals surface area contributed by atoms with Crippen LogP contribution in [0.5, 0.6) is 11.5 Å². The first-order valence-electron chi connectivity index (χ1n) is 7.52. The molecule has 0 spiro atoms. The quantitative estimate of drug-likeness (QED) is 0.645. The Morgan fingerprint density at radius 3 is 2.88 bits per heavy atom. The van der Waals surface area contributed by atoms with E-state index in [0.29, 0.717) is 33.8 Å². The van der Waals surface area contributed by atoms with Gasteiger partial charge in [-0.15, -0.1) is 12.6 Å². The number of carbonyl (C=O) groups excluding carboxylic acids is 1. The molecule has 0 bridgehead atoms. The molecule has 8 heteroatoms. The molecule has 0 radical (unpaired) electrons. The maximum atomic E-state index is 12.4. The number of fused-ring (bicyclic) bond motifs is 1. The number of rotatable bonds is 5. The molecule has 1 aromatic carbocycles. The third kappa shape index (κ3) is 3.32. The van der Waals surface area contributed by atoms with Crippen molar-refractivity contribution in [2.45, 2.75) is 37.9 Å². The molecule has 1 atom stereocenters. The number of benzene rings is 1. The zero-order chi connectivity index (χ0) is 17.3. The van der Waals surface area contributed by atoms with E-state index < -0.39 is 5.97 Å². The van der Waals surface area contributed by atoms with Gasteiger partial charge in [0, 0.05) is 11.1 Å². The Morgan fingerprint density at radius 2 is 2.17 bits per heavy atom. The lowest BCUT2D eigenvalue weighted by molar-refractivity contribution is 0.0318. The van der Waals surface area contributed by atoms with Crippen LogP contribution in [0.25, 0.3) is 0 Å². The van der Waals surface area contributed by atoms with E-state index in [9.17, 15) is 4.79 Å². The molecule has 0 amide bonds. The van der Waals surface area contributed by atoms with Crippen LogP contribution in [0.2, 0.25) is 5.02 Å². The highest BCUT2D eigenvalue weighted by Gasteiger charge is 2.22. The average molecular weight is 369 g/mol. The average Bonchev–Trinajstić information content (AvgIpc) is 3.13. The second kappa shape index (κ2) is 6.94. The number of nitrogens with zero attached hydrogens (tertiary/aromatic N) is 2. The number of imidazole rings is 1. The largest absolute Gasteiger partial charge is 0.458 e. The van der Waals surface area contributed by atoms with E-state index in [4.69, 9.17) is 25.8 Å². The predicted molar refractivity (Wildman–Crippen MR) is 91.3 cm³/mol. The SMILES string of the molecule is CCC(C)OC(=O)c1c(S)ncn1Cc1cc2c(cc1Cl)OCO2. The Hall–Kier alpha value is -1.86. The lowest BCUT2D eigenvalue weighted by atomic mass is 10.2. The molecule has 1 unspecified atom stereocenters. The number of hydrogen-bond acceptors (Lipinski definition) is 6. The third-order valence-electron chi connectivity index (χ3n) is 3.78. The standard InChI is InChI=1S/C16H17ClN2O4S/c1-3-9(2)23-16(20)14-15(24)18-7-19(14)6-10-4-12-13(5-11(10)17)22-8-21-12/h4-5,7,9,24H,3,6,8H2,1-2H3. The fourth-order valence-electron chi connectivity index (χ4n) is 2.29. The van der Waals surface area contributed by atoms with Crippen LogP contribution in [-0.2, 0) is 11.3 Å². The minimum absolute atomic E-state index is 0.174. The summed E-state index contributed by atoms with van der Waals surface area (Å²) in [5.74, 6) is 0.786. The minimum atomic E-state index is -0.455. The minimum Gasteiger partial charge on any atom is -0.458 e. The van der Waals surface area contributed by atoms with Crippen LogP contribution in [-0.4, -0.2) is 28.4 Å². The van der Waals surface area contributed by atoms with Crippen molar-refractivity contribution in [2.24, 2.45) is 0 Å². The molecule has 3 rings (SSSR count). The monoisotopic (exact) mass is 368 g/mol. The van der Waals surface area contributed by atoms with Crippen molar-refractivity contribution in [1.82, 2.24) is 9.55 Å². The second-order valence-electron chi connectivity index (χ2n) is 5.47. The van der Waals surface area contributed by atoms with Crippen molar-refractivity contribution in [3.63, 3.8) is 0 Å². The number of aromatic nitrogens is 2. The van der Waals surface area contributed by atoms with Gasteiger partial charge in [-0.05, 0) is 25.0 Å². The second-order valence-corrected chi connectivity index (χ2v) is 6.30. The van der Waals surface area contributed by atoms with Gasteiger partial charge in [0.05, 0.1) is 19.0 Å². The van der Waals surface area contributed by atoms with E-state index >= 15 is 0 Å². The summed E-state index contributed by atoms with van der Waals surface area (Å²) in [6, 6.07) is 3.50. The summed E-state index contributed by atoms with van der Waals surface area (Å²) in [6.07, 6.45) is 2.09.